The van der Waals surface area contributed by atoms with Crippen molar-refractivity contribution in [1.82, 2.24) is 15.3 Å². The number of hydrogen-bond acceptors (Lipinski definition) is 4. The van der Waals surface area contributed by atoms with Crippen molar-refractivity contribution in [2.24, 2.45) is 0 Å². The predicted molar refractivity (Wildman–Crippen MR) is 78.4 cm³/mol. The van der Waals surface area contributed by atoms with Gasteiger partial charge in [0, 0.05) is 29.5 Å². The van der Waals surface area contributed by atoms with Crippen LogP contribution in [0, 0.1) is 6.92 Å². The second kappa shape index (κ2) is 6.85. The Kier molecular flexibility index (Phi) is 5.73. The van der Waals surface area contributed by atoms with Gasteiger partial charge in [-0.05, 0) is 41.0 Å². The zero-order chi connectivity index (χ0) is 14.5. The maximum Gasteiger partial charge on any atom is 0.316 e. The Morgan fingerprint density at radius 3 is 2.58 bits per heavy atom. The molecule has 0 aliphatic rings. The van der Waals surface area contributed by atoms with Crippen molar-refractivity contribution >= 4 is 0 Å². The van der Waals surface area contributed by atoms with Gasteiger partial charge in [-0.15, -0.1) is 0 Å². The summed E-state index contributed by atoms with van der Waals surface area (Å²) in [6, 6.07) is 0.484. The summed E-state index contributed by atoms with van der Waals surface area (Å²) in [5.41, 5.74) is 2.19. The highest BCUT2D eigenvalue weighted by molar-refractivity contribution is 5.18. The second-order valence-corrected chi connectivity index (χ2v) is 6.08. The number of rotatable bonds is 6. The zero-order valence-corrected chi connectivity index (χ0v) is 13.1. The van der Waals surface area contributed by atoms with Gasteiger partial charge in [-0.2, -0.15) is 0 Å². The molecule has 1 aromatic heterocycles. The number of ether oxygens (including phenoxy) is 1. The van der Waals surface area contributed by atoms with Crippen molar-refractivity contribution < 1.29 is 4.74 Å². The topological polar surface area (TPSA) is 47.0 Å². The first-order valence-electron chi connectivity index (χ1n) is 7.06. The minimum absolute atomic E-state index is 0.0945. The molecule has 0 bridgehead atoms. The Balaban J connectivity index is 2.64. The lowest BCUT2D eigenvalue weighted by Gasteiger charge is -2.21. The Morgan fingerprint density at radius 1 is 1.37 bits per heavy atom. The molecule has 1 N–H and O–H groups in total. The van der Waals surface area contributed by atoms with E-state index in [0.29, 0.717) is 6.01 Å². The summed E-state index contributed by atoms with van der Waals surface area (Å²) in [5, 5.41) is 3.44. The molecule has 1 atom stereocenters. The van der Waals surface area contributed by atoms with Gasteiger partial charge in [-0.25, -0.2) is 9.97 Å². The van der Waals surface area contributed by atoms with Crippen LogP contribution in [0.4, 0.5) is 0 Å². The van der Waals surface area contributed by atoms with E-state index < -0.39 is 0 Å². The summed E-state index contributed by atoms with van der Waals surface area (Å²) in [4.78, 5) is 8.71. The number of aromatic nitrogens is 2. The fourth-order valence-electron chi connectivity index (χ4n) is 1.71. The molecule has 0 aliphatic carbocycles. The quantitative estimate of drug-likeness (QED) is 0.857. The molecule has 0 amide bonds. The third-order valence-corrected chi connectivity index (χ3v) is 2.87. The second-order valence-electron chi connectivity index (χ2n) is 6.08. The van der Waals surface area contributed by atoms with Crippen LogP contribution in [-0.2, 0) is 6.54 Å². The summed E-state index contributed by atoms with van der Waals surface area (Å²) in [6.07, 6.45) is 4.15. The summed E-state index contributed by atoms with van der Waals surface area (Å²) in [5.74, 6) is 0. The average molecular weight is 265 g/mol. The van der Waals surface area contributed by atoms with E-state index in [1.165, 1.54) is 0 Å². The van der Waals surface area contributed by atoms with Crippen LogP contribution >= 0.6 is 0 Å². The highest BCUT2D eigenvalue weighted by atomic mass is 16.5. The van der Waals surface area contributed by atoms with E-state index in [1.54, 1.807) is 0 Å². The summed E-state index contributed by atoms with van der Waals surface area (Å²) >= 11 is 0. The van der Waals surface area contributed by atoms with Crippen molar-refractivity contribution in [1.29, 1.82) is 0 Å². The van der Waals surface area contributed by atoms with Crippen LogP contribution in [0.25, 0.3) is 0 Å². The largest absolute Gasteiger partial charge is 0.460 e. The SMILES string of the molecule is CCCC(C)Oc1ncc(CNC(C)(C)C)c(C)n1. The van der Waals surface area contributed by atoms with E-state index in [1.807, 2.05) is 13.1 Å². The van der Waals surface area contributed by atoms with Crippen LogP contribution in [0.2, 0.25) is 0 Å². The molecule has 4 heteroatoms. The monoisotopic (exact) mass is 265 g/mol. The molecule has 0 spiro atoms. The van der Waals surface area contributed by atoms with Gasteiger partial charge in [-0.1, -0.05) is 13.3 Å². The molecule has 0 aromatic carbocycles. The van der Waals surface area contributed by atoms with Crippen LogP contribution < -0.4 is 10.1 Å². The van der Waals surface area contributed by atoms with Crippen LogP contribution in [-0.4, -0.2) is 21.6 Å². The van der Waals surface area contributed by atoms with E-state index >= 15 is 0 Å². The van der Waals surface area contributed by atoms with Crippen molar-refractivity contribution in [3.8, 4) is 6.01 Å². The minimum atomic E-state index is 0.0945. The lowest BCUT2D eigenvalue weighted by atomic mass is 10.1. The Hall–Kier alpha value is -1.16. The highest BCUT2D eigenvalue weighted by Gasteiger charge is 2.11. The van der Waals surface area contributed by atoms with Crippen LogP contribution in [0.3, 0.4) is 0 Å². The normalized spacial score (nSPS) is 13.4. The Bertz CT molecular complexity index is 399. The molecule has 0 fully saturated rings. The number of hydrogen-bond donors (Lipinski definition) is 1. The van der Waals surface area contributed by atoms with E-state index in [0.717, 1.165) is 30.6 Å². The van der Waals surface area contributed by atoms with Crippen molar-refractivity contribution in [3.05, 3.63) is 17.5 Å². The third kappa shape index (κ3) is 6.01. The van der Waals surface area contributed by atoms with Gasteiger partial charge in [0.1, 0.15) is 0 Å². The molecular weight excluding hydrogens is 238 g/mol. The number of nitrogens with zero attached hydrogens (tertiary/aromatic N) is 2. The third-order valence-electron chi connectivity index (χ3n) is 2.87. The molecule has 108 valence electrons. The van der Waals surface area contributed by atoms with E-state index in [9.17, 15) is 0 Å². The maximum absolute atomic E-state index is 5.69. The molecule has 1 unspecified atom stereocenters. The molecule has 1 aromatic rings. The van der Waals surface area contributed by atoms with Crippen LogP contribution in [0.15, 0.2) is 6.20 Å². The van der Waals surface area contributed by atoms with Gasteiger partial charge in [0.05, 0.1) is 6.10 Å². The molecule has 19 heavy (non-hydrogen) atoms. The summed E-state index contributed by atoms with van der Waals surface area (Å²) in [6.45, 7) is 13.4. The number of nitrogens with one attached hydrogen (secondary N) is 1. The lowest BCUT2D eigenvalue weighted by Crippen LogP contribution is -2.35. The molecule has 0 radical (unpaired) electrons. The van der Waals surface area contributed by atoms with Crippen molar-refractivity contribution in [2.75, 3.05) is 0 Å². The zero-order valence-electron chi connectivity index (χ0n) is 13.1. The molecule has 0 saturated heterocycles. The molecule has 4 nitrogen and oxygen atoms in total. The Labute approximate surface area is 117 Å². The van der Waals surface area contributed by atoms with E-state index in [2.05, 4.69) is 49.9 Å². The minimum Gasteiger partial charge on any atom is -0.460 e. The summed E-state index contributed by atoms with van der Waals surface area (Å²) < 4.78 is 5.69. The van der Waals surface area contributed by atoms with Crippen molar-refractivity contribution in [2.45, 2.75) is 72.6 Å². The molecular formula is C15H27N3O. The van der Waals surface area contributed by atoms with Gasteiger partial charge in [0.2, 0.25) is 0 Å². The first-order chi connectivity index (χ1) is 8.81. The van der Waals surface area contributed by atoms with E-state index in [-0.39, 0.29) is 11.6 Å². The van der Waals surface area contributed by atoms with Gasteiger partial charge < -0.3 is 10.1 Å². The van der Waals surface area contributed by atoms with E-state index in [4.69, 9.17) is 4.74 Å². The molecule has 0 aliphatic heterocycles. The lowest BCUT2D eigenvalue weighted by molar-refractivity contribution is 0.192. The maximum atomic E-state index is 5.69. The fourth-order valence-corrected chi connectivity index (χ4v) is 1.71. The average Bonchev–Trinajstić information content (AvgIpc) is 2.26. The Morgan fingerprint density at radius 2 is 2.05 bits per heavy atom. The van der Waals surface area contributed by atoms with Gasteiger partial charge in [0.15, 0.2) is 0 Å². The first-order valence-corrected chi connectivity index (χ1v) is 7.06. The van der Waals surface area contributed by atoms with Crippen molar-refractivity contribution in [3.63, 3.8) is 0 Å². The van der Waals surface area contributed by atoms with Gasteiger partial charge >= 0.3 is 6.01 Å². The predicted octanol–water partition coefficient (Wildman–Crippen LogP) is 3.24. The van der Waals surface area contributed by atoms with Crippen LogP contribution in [0.5, 0.6) is 6.01 Å². The fraction of sp³-hybridized carbons (Fsp3) is 0.733. The standard InChI is InChI=1S/C15H27N3O/c1-7-8-11(2)19-14-16-9-13(12(3)18-14)10-17-15(4,5)6/h9,11,17H,7-8,10H2,1-6H3. The summed E-state index contributed by atoms with van der Waals surface area (Å²) in [7, 11) is 0. The smallest absolute Gasteiger partial charge is 0.316 e. The molecule has 1 heterocycles. The van der Waals surface area contributed by atoms with Crippen LogP contribution in [0.1, 0.15) is 58.7 Å². The molecule has 1 rings (SSSR count). The van der Waals surface area contributed by atoms with Gasteiger partial charge in [0.25, 0.3) is 0 Å². The molecule has 0 saturated carbocycles. The van der Waals surface area contributed by atoms with Gasteiger partial charge in [-0.3, -0.25) is 0 Å². The number of aryl methyl sites for hydroxylation is 1. The first kappa shape index (κ1) is 15.9. The highest BCUT2D eigenvalue weighted by Crippen LogP contribution is 2.12.